The smallest absolute Gasteiger partial charge is 0.267 e. The van der Waals surface area contributed by atoms with Crippen LogP contribution in [0.4, 0.5) is 4.39 Å². The van der Waals surface area contributed by atoms with E-state index >= 15 is 0 Å². The van der Waals surface area contributed by atoms with E-state index < -0.39 is 17.4 Å². The van der Waals surface area contributed by atoms with Gasteiger partial charge >= 0.3 is 0 Å². The van der Waals surface area contributed by atoms with Crippen molar-refractivity contribution in [2.75, 3.05) is 0 Å². The second-order valence-electron chi connectivity index (χ2n) is 5.32. The van der Waals surface area contributed by atoms with Gasteiger partial charge in [-0.25, -0.2) is 9.37 Å². The average Bonchev–Trinajstić information content (AvgIpc) is 2.57. The van der Waals surface area contributed by atoms with Crippen LogP contribution in [-0.2, 0) is 0 Å². The van der Waals surface area contributed by atoms with Crippen molar-refractivity contribution in [3.63, 3.8) is 0 Å². The van der Waals surface area contributed by atoms with Crippen molar-refractivity contribution in [3.05, 3.63) is 69.0 Å². The monoisotopic (exact) mass is 342 g/mol. The number of aromatic nitrogens is 2. The zero-order valence-electron chi connectivity index (χ0n) is 12.6. The Kier molecular flexibility index (Phi) is 4.06. The van der Waals surface area contributed by atoms with E-state index in [1.807, 2.05) is 6.07 Å². The molecule has 24 heavy (non-hydrogen) atoms. The van der Waals surface area contributed by atoms with Crippen molar-refractivity contribution in [2.45, 2.75) is 13.0 Å². The number of nitrogens with two attached hydrogens (primary N) is 1. The highest BCUT2D eigenvalue weighted by Gasteiger charge is 2.19. The molecule has 0 spiro atoms. The SMILES string of the molecule is C[C@H](N)c1nc2ccc(F)c(Cl)c2c(=O)n1-c1cccc(C#N)c1. The molecule has 0 bridgehead atoms. The van der Waals surface area contributed by atoms with E-state index in [0.29, 0.717) is 17.1 Å². The summed E-state index contributed by atoms with van der Waals surface area (Å²) in [5.74, 6) is -0.404. The molecule has 1 heterocycles. The highest BCUT2D eigenvalue weighted by molar-refractivity contribution is 6.35. The third kappa shape index (κ3) is 2.54. The molecule has 0 fully saturated rings. The van der Waals surface area contributed by atoms with Gasteiger partial charge in [-0.15, -0.1) is 0 Å². The topological polar surface area (TPSA) is 84.7 Å². The molecule has 0 saturated heterocycles. The molecule has 0 saturated carbocycles. The van der Waals surface area contributed by atoms with Gasteiger partial charge in [0.2, 0.25) is 0 Å². The van der Waals surface area contributed by atoms with Gasteiger partial charge in [0.15, 0.2) is 0 Å². The molecule has 0 aliphatic heterocycles. The molecule has 3 rings (SSSR count). The summed E-state index contributed by atoms with van der Waals surface area (Å²) in [5.41, 5.74) is 6.48. The lowest BCUT2D eigenvalue weighted by Crippen LogP contribution is -2.27. The maximum atomic E-state index is 13.8. The van der Waals surface area contributed by atoms with Crippen molar-refractivity contribution < 1.29 is 4.39 Å². The van der Waals surface area contributed by atoms with Gasteiger partial charge in [0, 0.05) is 0 Å². The first-order chi connectivity index (χ1) is 11.4. The summed E-state index contributed by atoms with van der Waals surface area (Å²) >= 11 is 5.97. The lowest BCUT2D eigenvalue weighted by Gasteiger charge is -2.16. The summed E-state index contributed by atoms with van der Waals surface area (Å²) < 4.78 is 15.0. The lowest BCUT2D eigenvalue weighted by molar-refractivity contribution is 0.629. The number of hydrogen-bond donors (Lipinski definition) is 1. The number of nitriles is 1. The molecule has 2 aromatic carbocycles. The Morgan fingerprint density at radius 1 is 1.38 bits per heavy atom. The van der Waals surface area contributed by atoms with Gasteiger partial charge in [-0.05, 0) is 37.3 Å². The molecular weight excluding hydrogens is 331 g/mol. The van der Waals surface area contributed by atoms with Gasteiger partial charge in [0.25, 0.3) is 5.56 Å². The minimum Gasteiger partial charge on any atom is -0.322 e. The Morgan fingerprint density at radius 3 is 2.79 bits per heavy atom. The first kappa shape index (κ1) is 16.1. The predicted octanol–water partition coefficient (Wildman–Crippen LogP) is 3.07. The van der Waals surface area contributed by atoms with Crippen LogP contribution in [0.3, 0.4) is 0 Å². The summed E-state index contributed by atoms with van der Waals surface area (Å²) in [6.07, 6.45) is 0. The summed E-state index contributed by atoms with van der Waals surface area (Å²) in [5, 5.41) is 8.75. The van der Waals surface area contributed by atoms with Gasteiger partial charge in [-0.3, -0.25) is 9.36 Å². The molecule has 0 amide bonds. The third-order valence-electron chi connectivity index (χ3n) is 3.59. The van der Waals surface area contributed by atoms with Crippen molar-refractivity contribution in [3.8, 4) is 11.8 Å². The molecule has 1 atom stereocenters. The fraction of sp³-hybridized carbons (Fsp3) is 0.118. The summed E-state index contributed by atoms with van der Waals surface area (Å²) in [4.78, 5) is 17.3. The van der Waals surface area contributed by atoms with Gasteiger partial charge in [0.05, 0.1) is 39.3 Å². The quantitative estimate of drug-likeness (QED) is 0.775. The van der Waals surface area contributed by atoms with Crippen LogP contribution in [0.2, 0.25) is 5.02 Å². The average molecular weight is 343 g/mol. The molecule has 2 N–H and O–H groups in total. The normalized spacial score (nSPS) is 12.1. The maximum absolute atomic E-state index is 13.8. The van der Waals surface area contributed by atoms with Crippen molar-refractivity contribution in [1.29, 1.82) is 5.26 Å². The maximum Gasteiger partial charge on any atom is 0.267 e. The number of benzene rings is 2. The van der Waals surface area contributed by atoms with E-state index in [4.69, 9.17) is 22.6 Å². The van der Waals surface area contributed by atoms with Gasteiger partial charge in [-0.2, -0.15) is 5.26 Å². The van der Waals surface area contributed by atoms with Crippen LogP contribution < -0.4 is 11.3 Å². The molecule has 7 heteroatoms. The van der Waals surface area contributed by atoms with E-state index in [0.717, 1.165) is 6.07 Å². The molecule has 0 radical (unpaired) electrons. The second-order valence-corrected chi connectivity index (χ2v) is 5.69. The Balaban J connectivity index is 2.47. The number of rotatable bonds is 2. The summed E-state index contributed by atoms with van der Waals surface area (Å²) in [6, 6.07) is 10.4. The zero-order chi connectivity index (χ0) is 17.4. The van der Waals surface area contributed by atoms with Gasteiger partial charge < -0.3 is 5.73 Å². The van der Waals surface area contributed by atoms with Crippen LogP contribution in [-0.4, -0.2) is 9.55 Å². The van der Waals surface area contributed by atoms with E-state index in [1.165, 1.54) is 16.7 Å². The molecule has 5 nitrogen and oxygen atoms in total. The number of fused-ring (bicyclic) bond motifs is 1. The standard InChI is InChI=1S/C17H12ClFN4O/c1-9(21)16-22-13-6-5-12(19)15(18)14(13)17(24)23(16)11-4-2-3-10(7-11)8-20/h2-7,9H,21H2,1H3/t9-/m0/s1. The minimum absolute atomic E-state index is 0.0246. The van der Waals surface area contributed by atoms with Crippen molar-refractivity contribution in [1.82, 2.24) is 9.55 Å². The first-order valence-corrected chi connectivity index (χ1v) is 7.48. The molecule has 1 aromatic heterocycles. The van der Waals surface area contributed by atoms with Crippen LogP contribution in [0, 0.1) is 17.1 Å². The van der Waals surface area contributed by atoms with Crippen LogP contribution in [0.25, 0.3) is 16.6 Å². The Hall–Kier alpha value is -2.75. The van der Waals surface area contributed by atoms with Gasteiger partial charge in [-0.1, -0.05) is 17.7 Å². The van der Waals surface area contributed by atoms with E-state index in [2.05, 4.69) is 4.98 Å². The van der Waals surface area contributed by atoms with Crippen LogP contribution in [0.1, 0.15) is 24.4 Å². The Bertz CT molecular complexity index is 1050. The van der Waals surface area contributed by atoms with E-state index in [9.17, 15) is 9.18 Å². The molecule has 0 unspecified atom stereocenters. The Morgan fingerprint density at radius 2 is 2.12 bits per heavy atom. The second kappa shape index (κ2) is 6.04. The van der Waals surface area contributed by atoms with E-state index in [-0.39, 0.29) is 15.9 Å². The third-order valence-corrected chi connectivity index (χ3v) is 3.96. The highest BCUT2D eigenvalue weighted by Crippen LogP contribution is 2.25. The fourth-order valence-corrected chi connectivity index (χ4v) is 2.74. The molecule has 0 aliphatic carbocycles. The summed E-state index contributed by atoms with van der Waals surface area (Å²) in [7, 11) is 0. The number of nitrogens with zero attached hydrogens (tertiary/aromatic N) is 3. The highest BCUT2D eigenvalue weighted by atomic mass is 35.5. The summed E-state index contributed by atoms with van der Waals surface area (Å²) in [6.45, 7) is 1.68. The molecular formula is C17H12ClFN4O. The first-order valence-electron chi connectivity index (χ1n) is 7.11. The van der Waals surface area contributed by atoms with E-state index in [1.54, 1.807) is 25.1 Å². The molecule has 0 aliphatic rings. The van der Waals surface area contributed by atoms with Crippen LogP contribution in [0.5, 0.6) is 0 Å². The van der Waals surface area contributed by atoms with Crippen LogP contribution in [0.15, 0.2) is 41.2 Å². The molecule has 120 valence electrons. The number of hydrogen-bond acceptors (Lipinski definition) is 4. The molecule has 3 aromatic rings. The minimum atomic E-state index is -0.700. The lowest BCUT2D eigenvalue weighted by atomic mass is 10.1. The largest absolute Gasteiger partial charge is 0.322 e. The fourth-order valence-electron chi connectivity index (χ4n) is 2.50. The predicted molar refractivity (Wildman–Crippen MR) is 89.6 cm³/mol. The zero-order valence-corrected chi connectivity index (χ0v) is 13.4. The van der Waals surface area contributed by atoms with Gasteiger partial charge in [0.1, 0.15) is 11.6 Å². The number of halogens is 2. The van der Waals surface area contributed by atoms with Crippen molar-refractivity contribution >= 4 is 22.5 Å². The Labute approximate surface area is 141 Å². The van der Waals surface area contributed by atoms with Crippen LogP contribution >= 0.6 is 11.6 Å². The van der Waals surface area contributed by atoms with Crippen molar-refractivity contribution in [2.24, 2.45) is 5.73 Å².